The molecule has 0 radical (unpaired) electrons. The minimum Gasteiger partial charge on any atom is -0.493 e. The van der Waals surface area contributed by atoms with Crippen LogP contribution in [0.15, 0.2) is 16.6 Å². The van der Waals surface area contributed by atoms with E-state index in [0.717, 1.165) is 13.8 Å². The second kappa shape index (κ2) is 3.62. The van der Waals surface area contributed by atoms with Crippen molar-refractivity contribution in [1.29, 1.82) is 0 Å². The van der Waals surface area contributed by atoms with E-state index in [-0.39, 0.29) is 0 Å². The number of rotatable bonds is 1. The fourth-order valence-electron chi connectivity index (χ4n) is 0.796. The van der Waals surface area contributed by atoms with Crippen molar-refractivity contribution in [3.8, 4) is 5.75 Å². The van der Waals surface area contributed by atoms with Crippen molar-refractivity contribution in [2.24, 2.45) is 0 Å². The van der Waals surface area contributed by atoms with Crippen LogP contribution in [0.3, 0.4) is 0 Å². The number of nitrogens with two attached hydrogens (primary N) is 1. The number of nitrogen functional groups attached to an aromatic ring is 1. The van der Waals surface area contributed by atoms with Crippen molar-refractivity contribution in [1.82, 2.24) is 0 Å². The van der Waals surface area contributed by atoms with E-state index in [9.17, 15) is 0 Å². The summed E-state index contributed by atoms with van der Waals surface area (Å²) in [7, 11) is 1.61. The number of benzene rings is 1. The van der Waals surface area contributed by atoms with Crippen LogP contribution < -0.4 is 10.5 Å². The molecule has 0 spiro atoms. The van der Waals surface area contributed by atoms with Gasteiger partial charge >= 0.3 is 0 Å². The second-order valence-corrected chi connectivity index (χ2v) is 4.09. The molecule has 0 aliphatic carbocycles. The van der Waals surface area contributed by atoms with Crippen LogP contribution in [-0.4, -0.2) is 7.11 Å². The van der Waals surface area contributed by atoms with Crippen LogP contribution in [-0.2, 0) is 0 Å². The molecule has 0 heterocycles. The fraction of sp³-hybridized carbons (Fsp3) is 0.143. The summed E-state index contributed by atoms with van der Waals surface area (Å²) in [5.74, 6) is 0.744. The van der Waals surface area contributed by atoms with Crippen LogP contribution in [0.25, 0.3) is 0 Å². The highest BCUT2D eigenvalue weighted by Gasteiger charge is 2.04. The molecule has 1 aromatic rings. The van der Waals surface area contributed by atoms with E-state index in [4.69, 9.17) is 10.5 Å². The van der Waals surface area contributed by atoms with Crippen molar-refractivity contribution < 1.29 is 4.74 Å². The summed E-state index contributed by atoms with van der Waals surface area (Å²) in [5, 5.41) is 0. The molecule has 4 heteroatoms. The van der Waals surface area contributed by atoms with Crippen LogP contribution in [0.5, 0.6) is 5.75 Å². The zero-order valence-corrected chi connectivity index (χ0v) is 9.64. The molecule has 0 unspecified atom stereocenters. The largest absolute Gasteiger partial charge is 0.493 e. The molecule has 2 N–H and O–H groups in total. The highest BCUT2D eigenvalue weighted by Crippen LogP contribution is 2.31. The van der Waals surface area contributed by atoms with Gasteiger partial charge in [0.05, 0.1) is 16.4 Å². The van der Waals surface area contributed by atoms with E-state index in [0.29, 0.717) is 5.69 Å². The van der Waals surface area contributed by atoms with Crippen LogP contribution in [0.4, 0.5) is 5.69 Å². The third-order valence-corrected chi connectivity index (χ3v) is 2.50. The van der Waals surface area contributed by atoms with Crippen molar-refractivity contribution in [3.63, 3.8) is 0 Å². The highest BCUT2D eigenvalue weighted by atomic mass is 127. The number of halogens is 2. The molecule has 0 aromatic heterocycles. The molecule has 0 saturated carbocycles. The maximum Gasteiger partial charge on any atom is 0.155 e. The van der Waals surface area contributed by atoms with Crippen molar-refractivity contribution >= 4 is 44.2 Å². The summed E-state index contributed by atoms with van der Waals surface area (Å²) in [6.45, 7) is 0. The van der Waals surface area contributed by atoms with Gasteiger partial charge in [0, 0.05) is 4.47 Å². The summed E-state index contributed by atoms with van der Waals surface area (Å²) in [6, 6.07) is 3.77. The van der Waals surface area contributed by atoms with Gasteiger partial charge in [-0.3, -0.25) is 0 Å². The Morgan fingerprint density at radius 1 is 1.55 bits per heavy atom. The third-order valence-electron chi connectivity index (χ3n) is 1.24. The Labute approximate surface area is 87.4 Å². The van der Waals surface area contributed by atoms with Crippen molar-refractivity contribution in [3.05, 3.63) is 20.2 Å². The quantitative estimate of drug-likeness (QED) is 0.635. The third kappa shape index (κ3) is 1.99. The summed E-state index contributed by atoms with van der Waals surface area (Å²) >= 11 is 5.51. The maximum absolute atomic E-state index is 5.67. The topological polar surface area (TPSA) is 35.2 Å². The number of hydrogen-bond donors (Lipinski definition) is 1. The van der Waals surface area contributed by atoms with Crippen molar-refractivity contribution in [2.75, 3.05) is 12.8 Å². The van der Waals surface area contributed by atoms with Gasteiger partial charge < -0.3 is 10.5 Å². The molecule has 0 fully saturated rings. The number of methoxy groups -OCH3 is 1. The SMILES string of the molecule is COc1c(N)cc(Br)cc1I. The molecule has 1 aromatic carbocycles. The summed E-state index contributed by atoms with van der Waals surface area (Å²) in [6.07, 6.45) is 0. The van der Waals surface area contributed by atoms with Gasteiger partial charge in [0.1, 0.15) is 0 Å². The van der Waals surface area contributed by atoms with Gasteiger partial charge in [0.2, 0.25) is 0 Å². The zero-order chi connectivity index (χ0) is 8.43. The Morgan fingerprint density at radius 3 is 2.64 bits per heavy atom. The van der Waals surface area contributed by atoms with E-state index in [1.807, 2.05) is 12.1 Å². The van der Waals surface area contributed by atoms with Crippen LogP contribution in [0.2, 0.25) is 0 Å². The van der Waals surface area contributed by atoms with E-state index in [2.05, 4.69) is 38.5 Å². The average Bonchev–Trinajstić information content (AvgIpc) is 1.85. The van der Waals surface area contributed by atoms with Gasteiger partial charge in [-0.25, -0.2) is 0 Å². The van der Waals surface area contributed by atoms with Gasteiger partial charge in [-0.05, 0) is 34.7 Å². The maximum atomic E-state index is 5.67. The monoisotopic (exact) mass is 327 g/mol. The lowest BCUT2D eigenvalue weighted by Gasteiger charge is -2.06. The molecular weight excluding hydrogens is 321 g/mol. The first-order chi connectivity index (χ1) is 5.15. The lowest BCUT2D eigenvalue weighted by atomic mass is 10.3. The number of anilines is 1. The molecule has 0 atom stereocenters. The summed E-state index contributed by atoms with van der Waals surface area (Å²) < 4.78 is 7.06. The zero-order valence-electron chi connectivity index (χ0n) is 5.90. The Bertz CT molecular complexity index is 254. The molecule has 2 nitrogen and oxygen atoms in total. The predicted molar refractivity (Wildman–Crippen MR) is 57.8 cm³/mol. The van der Waals surface area contributed by atoms with E-state index >= 15 is 0 Å². The Morgan fingerprint density at radius 2 is 2.18 bits per heavy atom. The van der Waals surface area contributed by atoms with Crippen LogP contribution in [0.1, 0.15) is 0 Å². The molecule has 1 rings (SSSR count). The summed E-state index contributed by atoms with van der Waals surface area (Å²) in [4.78, 5) is 0. The minimum atomic E-state index is 0.659. The van der Waals surface area contributed by atoms with E-state index < -0.39 is 0 Å². The molecule has 0 aliphatic heterocycles. The fourth-order valence-corrected chi connectivity index (χ4v) is 2.57. The lowest BCUT2D eigenvalue weighted by Crippen LogP contribution is -1.94. The second-order valence-electron chi connectivity index (χ2n) is 2.01. The number of ether oxygens (including phenoxy) is 1. The first-order valence-electron chi connectivity index (χ1n) is 2.93. The Balaban J connectivity index is 3.25. The van der Waals surface area contributed by atoms with E-state index in [1.165, 1.54) is 0 Å². The summed E-state index contributed by atoms with van der Waals surface area (Å²) in [5.41, 5.74) is 6.33. The van der Waals surface area contributed by atoms with E-state index in [1.54, 1.807) is 7.11 Å². The molecule has 0 saturated heterocycles. The van der Waals surface area contributed by atoms with Gasteiger partial charge in [0.25, 0.3) is 0 Å². The Kier molecular flexibility index (Phi) is 3.00. The van der Waals surface area contributed by atoms with Gasteiger partial charge in [-0.2, -0.15) is 0 Å². The lowest BCUT2D eigenvalue weighted by molar-refractivity contribution is 0.414. The number of hydrogen-bond acceptors (Lipinski definition) is 2. The van der Waals surface area contributed by atoms with Crippen molar-refractivity contribution in [2.45, 2.75) is 0 Å². The predicted octanol–water partition coefficient (Wildman–Crippen LogP) is 2.64. The van der Waals surface area contributed by atoms with Crippen LogP contribution >= 0.6 is 38.5 Å². The molecule has 60 valence electrons. The molecular formula is C7H7BrINO. The van der Waals surface area contributed by atoms with Gasteiger partial charge in [-0.15, -0.1) is 0 Å². The van der Waals surface area contributed by atoms with Gasteiger partial charge in [-0.1, -0.05) is 15.9 Å². The first kappa shape index (κ1) is 9.12. The first-order valence-corrected chi connectivity index (χ1v) is 4.81. The normalized spacial score (nSPS) is 9.73. The minimum absolute atomic E-state index is 0.659. The smallest absolute Gasteiger partial charge is 0.155 e. The Hall–Kier alpha value is 0.0300. The standard InChI is InChI=1S/C7H7BrINO/c1-11-7-5(9)2-4(8)3-6(7)10/h2-3H,10H2,1H3. The molecule has 0 aliphatic rings. The molecule has 11 heavy (non-hydrogen) atoms. The highest BCUT2D eigenvalue weighted by molar-refractivity contribution is 14.1. The van der Waals surface area contributed by atoms with Crippen LogP contribution in [0, 0.1) is 3.57 Å². The molecule has 0 amide bonds. The molecule has 0 bridgehead atoms. The van der Waals surface area contributed by atoms with Gasteiger partial charge in [0.15, 0.2) is 5.75 Å². The average molecular weight is 328 g/mol.